The summed E-state index contributed by atoms with van der Waals surface area (Å²) >= 11 is 0. The number of fused-ring (bicyclic) bond motifs is 4. The van der Waals surface area contributed by atoms with Crippen LogP contribution < -0.4 is 4.90 Å². The summed E-state index contributed by atoms with van der Waals surface area (Å²) in [7, 11) is -4.57. The number of aromatic nitrogens is 1. The zero-order chi connectivity index (χ0) is 22.8. The lowest BCUT2D eigenvalue weighted by Crippen LogP contribution is -2.38. The smallest absolute Gasteiger partial charge is 0.296 e. The Morgan fingerprint density at radius 3 is 2.56 bits per heavy atom. The third-order valence-electron chi connectivity index (χ3n) is 6.43. The number of ether oxygens (including phenoxy) is 1. The molecule has 0 saturated carbocycles. The van der Waals surface area contributed by atoms with Crippen LogP contribution in [-0.4, -0.2) is 50.0 Å². The first-order valence-electron chi connectivity index (χ1n) is 10.2. The number of rotatable bonds is 2. The Kier molecular flexibility index (Phi) is 4.47. The fraction of sp³-hybridized carbons (Fsp3) is 0.304. The van der Waals surface area contributed by atoms with Gasteiger partial charge in [0.15, 0.2) is 5.78 Å². The predicted molar refractivity (Wildman–Crippen MR) is 118 cm³/mol. The third-order valence-corrected chi connectivity index (χ3v) is 7.31. The van der Waals surface area contributed by atoms with Crippen LogP contribution in [0, 0.1) is 11.3 Å². The van der Waals surface area contributed by atoms with E-state index in [0.29, 0.717) is 65.3 Å². The highest BCUT2D eigenvalue weighted by molar-refractivity contribution is 7.86. The summed E-state index contributed by atoms with van der Waals surface area (Å²) in [6, 6.07) is 10.2. The molecule has 0 spiro atoms. The van der Waals surface area contributed by atoms with Crippen molar-refractivity contribution < 1.29 is 22.5 Å². The topological polar surface area (TPSA) is 123 Å². The van der Waals surface area contributed by atoms with E-state index in [1.807, 2.05) is 18.7 Å². The van der Waals surface area contributed by atoms with Gasteiger partial charge in [-0.25, -0.2) is 0 Å². The van der Waals surface area contributed by atoms with Gasteiger partial charge in [0.25, 0.3) is 10.1 Å². The van der Waals surface area contributed by atoms with Crippen molar-refractivity contribution in [3.8, 4) is 6.07 Å². The molecule has 5 rings (SSSR count). The van der Waals surface area contributed by atoms with E-state index < -0.39 is 15.5 Å². The second kappa shape index (κ2) is 6.90. The molecule has 0 amide bonds. The number of hydrogen-bond donors (Lipinski definition) is 2. The van der Waals surface area contributed by atoms with Crippen molar-refractivity contribution in [1.29, 1.82) is 5.26 Å². The fourth-order valence-electron chi connectivity index (χ4n) is 4.77. The average molecular weight is 452 g/mol. The first-order chi connectivity index (χ1) is 15.1. The molecule has 0 bridgehead atoms. The third kappa shape index (κ3) is 2.95. The van der Waals surface area contributed by atoms with Crippen LogP contribution >= 0.6 is 0 Å². The number of nitriles is 1. The number of ketones is 1. The van der Waals surface area contributed by atoms with Gasteiger partial charge in [-0.15, -0.1) is 0 Å². The average Bonchev–Trinajstić information content (AvgIpc) is 3.17. The molecule has 32 heavy (non-hydrogen) atoms. The van der Waals surface area contributed by atoms with Crippen molar-refractivity contribution in [3.63, 3.8) is 0 Å². The summed E-state index contributed by atoms with van der Waals surface area (Å²) in [4.78, 5) is 18.5. The van der Waals surface area contributed by atoms with Gasteiger partial charge in [0.05, 0.1) is 36.1 Å². The van der Waals surface area contributed by atoms with Crippen LogP contribution in [-0.2, 0) is 20.3 Å². The number of morpholine rings is 1. The molecule has 1 aromatic heterocycles. The Hall–Kier alpha value is -3.19. The molecule has 9 heteroatoms. The van der Waals surface area contributed by atoms with Gasteiger partial charge >= 0.3 is 0 Å². The summed E-state index contributed by atoms with van der Waals surface area (Å²) in [5, 5.41) is 9.91. The van der Waals surface area contributed by atoms with Gasteiger partial charge in [0, 0.05) is 40.7 Å². The van der Waals surface area contributed by atoms with E-state index in [0.717, 1.165) is 0 Å². The first kappa shape index (κ1) is 20.7. The van der Waals surface area contributed by atoms with Crippen molar-refractivity contribution in [2.45, 2.75) is 24.2 Å². The summed E-state index contributed by atoms with van der Waals surface area (Å²) in [6.07, 6.45) is 0. The lowest BCUT2D eigenvalue weighted by Gasteiger charge is -2.35. The summed E-state index contributed by atoms with van der Waals surface area (Å²) in [5.74, 6) is -0.316. The van der Waals surface area contributed by atoms with Crippen molar-refractivity contribution in [2.24, 2.45) is 0 Å². The molecule has 1 fully saturated rings. The summed E-state index contributed by atoms with van der Waals surface area (Å²) < 4.78 is 39.9. The van der Waals surface area contributed by atoms with E-state index in [1.165, 1.54) is 6.07 Å². The molecule has 2 N–H and O–H groups in total. The van der Waals surface area contributed by atoms with Gasteiger partial charge in [0.1, 0.15) is 4.90 Å². The minimum Gasteiger partial charge on any atom is -0.378 e. The first-order valence-corrected chi connectivity index (χ1v) is 11.7. The van der Waals surface area contributed by atoms with Crippen LogP contribution in [0.4, 0.5) is 5.69 Å². The molecular weight excluding hydrogens is 430 g/mol. The Labute approximate surface area is 185 Å². The lowest BCUT2D eigenvalue weighted by atomic mass is 9.71. The number of nitrogens with one attached hydrogen (secondary N) is 1. The molecule has 1 saturated heterocycles. The molecule has 2 aromatic carbocycles. The highest BCUT2D eigenvalue weighted by Crippen LogP contribution is 2.46. The van der Waals surface area contributed by atoms with Crippen molar-refractivity contribution in [1.82, 2.24) is 4.98 Å². The Morgan fingerprint density at radius 1 is 1.19 bits per heavy atom. The number of H-pyrrole nitrogens is 1. The van der Waals surface area contributed by atoms with E-state index in [-0.39, 0.29) is 16.2 Å². The Balaban J connectivity index is 1.79. The molecule has 3 aromatic rings. The predicted octanol–water partition coefficient (Wildman–Crippen LogP) is 2.99. The number of nitrogens with zero attached hydrogens (tertiary/aromatic N) is 2. The van der Waals surface area contributed by atoms with Crippen molar-refractivity contribution >= 4 is 32.5 Å². The zero-order valence-corrected chi connectivity index (χ0v) is 18.4. The maximum atomic E-state index is 13.6. The molecule has 2 aliphatic rings. The van der Waals surface area contributed by atoms with Gasteiger partial charge in [-0.3, -0.25) is 9.35 Å². The number of benzene rings is 2. The largest absolute Gasteiger partial charge is 0.378 e. The molecule has 164 valence electrons. The van der Waals surface area contributed by atoms with Crippen LogP contribution in [0.5, 0.6) is 0 Å². The summed E-state index contributed by atoms with van der Waals surface area (Å²) in [5.41, 5.74) is 2.96. The Morgan fingerprint density at radius 2 is 1.91 bits per heavy atom. The second-order valence-electron chi connectivity index (χ2n) is 8.64. The SMILES string of the molecule is CC1(C)c2cc(N3CCOCC3)c(S(=O)(=O)O)cc2C(=O)c2c1[nH]c1cc(C#N)ccc21. The van der Waals surface area contributed by atoms with Gasteiger partial charge in [-0.1, -0.05) is 19.9 Å². The molecule has 0 radical (unpaired) electrons. The van der Waals surface area contributed by atoms with Gasteiger partial charge in [-0.05, 0) is 29.8 Å². The summed E-state index contributed by atoms with van der Waals surface area (Å²) in [6.45, 7) is 5.77. The highest BCUT2D eigenvalue weighted by atomic mass is 32.2. The zero-order valence-electron chi connectivity index (χ0n) is 17.6. The van der Waals surface area contributed by atoms with Crippen LogP contribution in [0.1, 0.15) is 46.6 Å². The molecule has 1 aliphatic heterocycles. The minimum absolute atomic E-state index is 0.248. The fourth-order valence-corrected chi connectivity index (χ4v) is 5.49. The molecule has 0 unspecified atom stereocenters. The maximum absolute atomic E-state index is 13.6. The molecule has 2 heterocycles. The van der Waals surface area contributed by atoms with Crippen LogP contribution in [0.25, 0.3) is 10.9 Å². The van der Waals surface area contributed by atoms with E-state index in [1.54, 1.807) is 24.3 Å². The number of anilines is 1. The molecule has 0 atom stereocenters. The van der Waals surface area contributed by atoms with Crippen LogP contribution in [0.2, 0.25) is 0 Å². The van der Waals surface area contributed by atoms with Gasteiger partial charge in [-0.2, -0.15) is 13.7 Å². The molecule has 8 nitrogen and oxygen atoms in total. The van der Waals surface area contributed by atoms with E-state index in [4.69, 9.17) is 4.74 Å². The maximum Gasteiger partial charge on any atom is 0.296 e. The van der Waals surface area contributed by atoms with Gasteiger partial charge in [0.2, 0.25) is 0 Å². The normalized spacial score (nSPS) is 17.7. The quantitative estimate of drug-likeness (QED) is 0.574. The second-order valence-corrected chi connectivity index (χ2v) is 10.0. The Bertz CT molecular complexity index is 1440. The monoisotopic (exact) mass is 451 g/mol. The van der Waals surface area contributed by atoms with E-state index in [2.05, 4.69) is 11.1 Å². The molecular formula is C23H21N3O5S. The number of carbonyl (C=O) groups excluding carboxylic acids is 1. The van der Waals surface area contributed by atoms with Crippen molar-refractivity contribution in [2.75, 3.05) is 31.2 Å². The van der Waals surface area contributed by atoms with E-state index >= 15 is 0 Å². The van der Waals surface area contributed by atoms with Crippen LogP contribution in [0.15, 0.2) is 35.2 Å². The lowest BCUT2D eigenvalue weighted by molar-refractivity contribution is 0.103. The molecule has 1 aliphatic carbocycles. The standard InChI is InChI=1S/C23H21N3O5S/c1-23(2)16-11-18(26-5-7-31-8-6-26)19(32(28,29)30)10-15(16)21(27)20-14-4-3-13(12-24)9-17(14)25-22(20)23/h3-4,9-11,25H,5-8H2,1-2H3,(H,28,29,30). The van der Waals surface area contributed by atoms with Gasteiger partial charge < -0.3 is 14.6 Å². The number of hydrogen-bond acceptors (Lipinski definition) is 6. The van der Waals surface area contributed by atoms with Crippen LogP contribution in [0.3, 0.4) is 0 Å². The minimum atomic E-state index is -4.57. The van der Waals surface area contributed by atoms with E-state index in [9.17, 15) is 23.0 Å². The number of carbonyl (C=O) groups is 1. The highest BCUT2D eigenvalue weighted by Gasteiger charge is 2.41. The van der Waals surface area contributed by atoms with Crippen molar-refractivity contribution in [3.05, 3.63) is 58.3 Å². The number of aromatic amines is 1.